The SMILES string of the molecule is CC(C)(C)/C=C/OOCCOP(=O)(O)OC(C)(C)C. The summed E-state index contributed by atoms with van der Waals surface area (Å²) < 4.78 is 21.0. The summed E-state index contributed by atoms with van der Waals surface area (Å²) in [6.45, 7) is 11.0. The molecule has 114 valence electrons. The minimum Gasteiger partial charge on any atom is -0.346 e. The second-order valence-corrected chi connectivity index (χ2v) is 7.47. The lowest BCUT2D eigenvalue weighted by molar-refractivity contribution is -0.252. The van der Waals surface area contributed by atoms with Crippen molar-refractivity contribution in [2.45, 2.75) is 47.1 Å². The Kier molecular flexibility index (Phi) is 7.26. The summed E-state index contributed by atoms with van der Waals surface area (Å²) in [7, 11) is -4.05. The summed E-state index contributed by atoms with van der Waals surface area (Å²) in [6, 6.07) is 0. The molecule has 1 atom stereocenters. The van der Waals surface area contributed by atoms with E-state index in [0.717, 1.165) is 0 Å². The molecule has 19 heavy (non-hydrogen) atoms. The molecule has 0 bridgehead atoms. The zero-order chi connectivity index (χ0) is 15.2. The molecule has 0 aromatic heterocycles. The molecule has 0 heterocycles. The second kappa shape index (κ2) is 7.41. The van der Waals surface area contributed by atoms with Gasteiger partial charge in [-0.3, -0.25) is 9.05 Å². The van der Waals surface area contributed by atoms with E-state index >= 15 is 0 Å². The number of phosphoric ester groups is 1. The predicted molar refractivity (Wildman–Crippen MR) is 72.2 cm³/mol. The molecule has 0 spiro atoms. The number of hydrogen-bond acceptors (Lipinski definition) is 5. The summed E-state index contributed by atoms with van der Waals surface area (Å²) >= 11 is 0. The lowest BCUT2D eigenvalue weighted by Crippen LogP contribution is -2.18. The molecule has 7 heteroatoms. The van der Waals surface area contributed by atoms with Crippen LogP contribution in [0, 0.1) is 5.41 Å². The van der Waals surface area contributed by atoms with Gasteiger partial charge in [-0.05, 0) is 32.3 Å². The normalized spacial score (nSPS) is 16.6. The lowest BCUT2D eigenvalue weighted by Gasteiger charge is -2.22. The van der Waals surface area contributed by atoms with Crippen molar-refractivity contribution in [2.75, 3.05) is 13.2 Å². The highest BCUT2D eigenvalue weighted by atomic mass is 31.2. The summed E-state index contributed by atoms with van der Waals surface area (Å²) in [5.74, 6) is 0. The van der Waals surface area contributed by atoms with Gasteiger partial charge >= 0.3 is 7.82 Å². The van der Waals surface area contributed by atoms with Gasteiger partial charge in [-0.15, -0.1) is 0 Å². The standard InChI is InChI=1S/C12H25O6P/c1-11(2,3)7-8-15-16-9-10-17-19(13,14)18-12(4,5)6/h7-8H,9-10H2,1-6H3,(H,13,14)/b8-7+. The zero-order valence-corrected chi connectivity index (χ0v) is 13.4. The van der Waals surface area contributed by atoms with E-state index in [4.69, 9.17) is 18.8 Å². The quantitative estimate of drug-likeness (QED) is 0.255. The average molecular weight is 296 g/mol. The molecular formula is C12H25O6P. The topological polar surface area (TPSA) is 74.2 Å². The molecule has 0 aromatic rings. The minimum absolute atomic E-state index is 0.00120. The summed E-state index contributed by atoms with van der Waals surface area (Å²) in [6.07, 6.45) is 3.25. The monoisotopic (exact) mass is 296 g/mol. The van der Waals surface area contributed by atoms with E-state index in [9.17, 15) is 9.46 Å². The van der Waals surface area contributed by atoms with Gasteiger partial charge in [0.2, 0.25) is 0 Å². The van der Waals surface area contributed by atoms with Crippen molar-refractivity contribution in [3.63, 3.8) is 0 Å². The average Bonchev–Trinajstić information content (AvgIpc) is 2.10. The maximum atomic E-state index is 11.5. The third-order valence-corrected chi connectivity index (χ3v) is 2.79. The molecule has 0 aliphatic rings. The Bertz CT molecular complexity index is 326. The van der Waals surface area contributed by atoms with Gasteiger partial charge in [0.25, 0.3) is 0 Å². The predicted octanol–water partition coefficient (Wildman–Crippen LogP) is 3.43. The van der Waals surface area contributed by atoms with E-state index in [0.29, 0.717) is 0 Å². The van der Waals surface area contributed by atoms with Crippen LogP contribution in [0.4, 0.5) is 0 Å². The van der Waals surface area contributed by atoms with E-state index in [1.807, 2.05) is 26.8 Å². The van der Waals surface area contributed by atoms with Crippen LogP contribution in [0.5, 0.6) is 0 Å². The fraction of sp³-hybridized carbons (Fsp3) is 0.833. The van der Waals surface area contributed by atoms with Gasteiger partial charge < -0.3 is 9.78 Å². The maximum absolute atomic E-state index is 11.5. The summed E-state index contributed by atoms with van der Waals surface area (Å²) in [4.78, 5) is 18.9. The second-order valence-electron chi connectivity index (χ2n) is 6.09. The van der Waals surface area contributed by atoms with Gasteiger partial charge in [0.1, 0.15) is 12.9 Å². The molecule has 0 fully saturated rings. The number of phosphoric acid groups is 1. The molecule has 0 saturated carbocycles. The Morgan fingerprint density at radius 3 is 2.16 bits per heavy atom. The van der Waals surface area contributed by atoms with Crippen molar-refractivity contribution in [2.24, 2.45) is 5.41 Å². The molecule has 0 rings (SSSR count). The first-order valence-corrected chi connectivity index (χ1v) is 7.55. The molecular weight excluding hydrogens is 271 g/mol. The largest absolute Gasteiger partial charge is 0.472 e. The van der Waals surface area contributed by atoms with Crippen LogP contribution in [0.15, 0.2) is 12.3 Å². The molecule has 0 saturated heterocycles. The highest BCUT2D eigenvalue weighted by molar-refractivity contribution is 7.47. The molecule has 0 aromatic carbocycles. The van der Waals surface area contributed by atoms with E-state index in [1.54, 1.807) is 20.8 Å². The molecule has 1 unspecified atom stereocenters. The highest BCUT2D eigenvalue weighted by Gasteiger charge is 2.28. The summed E-state index contributed by atoms with van der Waals surface area (Å²) in [5.41, 5.74) is -0.752. The van der Waals surface area contributed by atoms with E-state index in [1.165, 1.54) is 6.26 Å². The zero-order valence-electron chi connectivity index (χ0n) is 12.5. The van der Waals surface area contributed by atoms with Crippen molar-refractivity contribution >= 4 is 7.82 Å². The van der Waals surface area contributed by atoms with Crippen LogP contribution in [0.1, 0.15) is 41.5 Å². The Hall–Kier alpha value is -0.390. The van der Waals surface area contributed by atoms with Gasteiger partial charge in [0.15, 0.2) is 0 Å². The molecule has 0 aliphatic heterocycles. The first-order chi connectivity index (χ1) is 8.41. The maximum Gasteiger partial charge on any atom is 0.472 e. The molecule has 0 aliphatic carbocycles. The van der Waals surface area contributed by atoms with Crippen LogP contribution in [-0.2, 0) is 23.4 Å². The smallest absolute Gasteiger partial charge is 0.346 e. The fourth-order valence-corrected chi connectivity index (χ4v) is 1.93. The highest BCUT2D eigenvalue weighted by Crippen LogP contribution is 2.46. The lowest BCUT2D eigenvalue weighted by atomic mass is 9.97. The number of allylic oxidation sites excluding steroid dienone is 1. The van der Waals surface area contributed by atoms with Gasteiger partial charge in [0.05, 0.1) is 12.2 Å². The Morgan fingerprint density at radius 2 is 1.68 bits per heavy atom. The Balaban J connectivity index is 3.76. The third-order valence-electron chi connectivity index (χ3n) is 1.50. The Morgan fingerprint density at radius 1 is 1.11 bits per heavy atom. The van der Waals surface area contributed by atoms with Crippen molar-refractivity contribution in [1.29, 1.82) is 0 Å². The van der Waals surface area contributed by atoms with Crippen molar-refractivity contribution in [1.82, 2.24) is 0 Å². The van der Waals surface area contributed by atoms with Crippen LogP contribution >= 0.6 is 7.82 Å². The van der Waals surface area contributed by atoms with Crippen LogP contribution in [0.25, 0.3) is 0 Å². The fourth-order valence-electron chi connectivity index (χ4n) is 0.878. The van der Waals surface area contributed by atoms with E-state index in [-0.39, 0.29) is 18.6 Å². The summed E-state index contributed by atoms with van der Waals surface area (Å²) in [5, 5.41) is 0. The van der Waals surface area contributed by atoms with Gasteiger partial charge in [-0.2, -0.15) is 4.89 Å². The van der Waals surface area contributed by atoms with E-state index in [2.05, 4.69) is 0 Å². The van der Waals surface area contributed by atoms with E-state index < -0.39 is 13.4 Å². The molecule has 1 N–H and O–H groups in total. The van der Waals surface area contributed by atoms with Gasteiger partial charge in [-0.1, -0.05) is 20.8 Å². The first kappa shape index (κ1) is 18.6. The van der Waals surface area contributed by atoms with Crippen LogP contribution in [0.2, 0.25) is 0 Å². The molecule has 6 nitrogen and oxygen atoms in total. The van der Waals surface area contributed by atoms with Gasteiger partial charge in [-0.25, -0.2) is 4.57 Å². The molecule has 0 radical (unpaired) electrons. The van der Waals surface area contributed by atoms with Crippen LogP contribution in [0.3, 0.4) is 0 Å². The number of hydrogen-bond donors (Lipinski definition) is 1. The Labute approximate surface area is 115 Å². The van der Waals surface area contributed by atoms with Crippen molar-refractivity contribution < 1.29 is 28.3 Å². The van der Waals surface area contributed by atoms with Crippen LogP contribution < -0.4 is 0 Å². The van der Waals surface area contributed by atoms with Crippen molar-refractivity contribution in [3.8, 4) is 0 Å². The first-order valence-electron chi connectivity index (χ1n) is 6.05. The molecule has 0 amide bonds. The number of rotatable bonds is 7. The van der Waals surface area contributed by atoms with Crippen molar-refractivity contribution in [3.05, 3.63) is 12.3 Å². The minimum atomic E-state index is -4.05. The third kappa shape index (κ3) is 13.8. The van der Waals surface area contributed by atoms with Crippen LogP contribution in [-0.4, -0.2) is 23.7 Å². The van der Waals surface area contributed by atoms with Gasteiger partial charge in [0, 0.05) is 0 Å².